The minimum absolute atomic E-state index is 0.000462. The highest BCUT2D eigenvalue weighted by Crippen LogP contribution is 2.22. The molecule has 5 nitrogen and oxygen atoms in total. The summed E-state index contributed by atoms with van der Waals surface area (Å²) in [5, 5.41) is 11.4. The van der Waals surface area contributed by atoms with E-state index in [0.29, 0.717) is 18.9 Å². The van der Waals surface area contributed by atoms with Gasteiger partial charge in [0.25, 0.3) is 0 Å². The zero-order valence-electron chi connectivity index (χ0n) is 12.9. The van der Waals surface area contributed by atoms with Crippen LogP contribution < -0.4 is 5.32 Å². The fourth-order valence-corrected chi connectivity index (χ4v) is 2.78. The number of ether oxygens (including phenoxy) is 1. The molecule has 0 saturated carbocycles. The van der Waals surface area contributed by atoms with Crippen molar-refractivity contribution in [2.24, 2.45) is 5.92 Å². The van der Waals surface area contributed by atoms with Crippen molar-refractivity contribution in [2.45, 2.75) is 12.8 Å². The van der Waals surface area contributed by atoms with Crippen LogP contribution in [0.5, 0.6) is 0 Å². The van der Waals surface area contributed by atoms with E-state index in [1.807, 2.05) is 0 Å². The summed E-state index contributed by atoms with van der Waals surface area (Å²) in [6.45, 7) is 3.47. The van der Waals surface area contributed by atoms with Gasteiger partial charge in [0, 0.05) is 18.2 Å². The largest absolute Gasteiger partial charge is 0.394 e. The first-order chi connectivity index (χ1) is 11.1. The van der Waals surface area contributed by atoms with Crippen LogP contribution in [0, 0.1) is 11.7 Å². The van der Waals surface area contributed by atoms with E-state index in [1.165, 1.54) is 18.2 Å². The Morgan fingerprint density at radius 1 is 1.39 bits per heavy atom. The molecule has 0 aromatic heterocycles. The lowest BCUT2D eigenvalue weighted by Gasteiger charge is -2.31. The highest BCUT2D eigenvalue weighted by atomic mass is 35.5. The van der Waals surface area contributed by atoms with Gasteiger partial charge in [0.1, 0.15) is 5.82 Å². The highest BCUT2D eigenvalue weighted by molar-refractivity contribution is 6.31. The van der Waals surface area contributed by atoms with Gasteiger partial charge < -0.3 is 20.1 Å². The van der Waals surface area contributed by atoms with Crippen LogP contribution in [0.4, 0.5) is 10.1 Å². The van der Waals surface area contributed by atoms with Crippen molar-refractivity contribution in [3.05, 3.63) is 29.0 Å². The van der Waals surface area contributed by atoms with Crippen LogP contribution in [0.1, 0.15) is 12.8 Å². The lowest BCUT2D eigenvalue weighted by atomic mass is 9.96. The molecule has 0 unspecified atom stereocenters. The smallest absolute Gasteiger partial charge is 0.227 e. The molecule has 1 saturated heterocycles. The van der Waals surface area contributed by atoms with E-state index in [1.54, 1.807) is 0 Å². The molecule has 1 aromatic carbocycles. The van der Waals surface area contributed by atoms with E-state index in [9.17, 15) is 9.18 Å². The van der Waals surface area contributed by atoms with Crippen LogP contribution in [0.2, 0.25) is 5.02 Å². The Kier molecular flexibility index (Phi) is 7.23. The average molecular weight is 345 g/mol. The number of aliphatic hydroxyl groups excluding tert-OH is 1. The number of carbonyl (C=O) groups is 1. The fourth-order valence-electron chi connectivity index (χ4n) is 2.60. The topological polar surface area (TPSA) is 61.8 Å². The second-order valence-corrected chi connectivity index (χ2v) is 5.98. The molecule has 2 rings (SSSR count). The van der Waals surface area contributed by atoms with Crippen molar-refractivity contribution in [3.63, 3.8) is 0 Å². The first kappa shape index (κ1) is 18.1. The Hall–Kier alpha value is -1.21. The maximum absolute atomic E-state index is 13.1. The number of rotatable bonds is 7. The lowest BCUT2D eigenvalue weighted by Crippen LogP contribution is -2.39. The zero-order chi connectivity index (χ0) is 16.7. The number of nitrogens with one attached hydrogen (secondary N) is 1. The summed E-state index contributed by atoms with van der Waals surface area (Å²) < 4.78 is 18.4. The number of anilines is 1. The summed E-state index contributed by atoms with van der Waals surface area (Å²) in [6, 6.07) is 4.17. The quantitative estimate of drug-likeness (QED) is 0.744. The normalized spacial score (nSPS) is 16.5. The molecule has 0 aliphatic carbocycles. The Bertz CT molecular complexity index is 522. The number of carbonyl (C=O) groups excluding carboxylic acids is 1. The van der Waals surface area contributed by atoms with E-state index < -0.39 is 5.82 Å². The number of likely N-dealkylation sites (tertiary alicyclic amines) is 1. The molecule has 1 fully saturated rings. The van der Waals surface area contributed by atoms with E-state index in [2.05, 4.69) is 10.2 Å². The molecule has 2 N–H and O–H groups in total. The molecule has 7 heteroatoms. The van der Waals surface area contributed by atoms with Crippen LogP contribution in [-0.4, -0.2) is 55.4 Å². The molecular formula is C16H22ClFN2O3. The summed E-state index contributed by atoms with van der Waals surface area (Å²) in [5.74, 6) is -0.598. The monoisotopic (exact) mass is 344 g/mol. The van der Waals surface area contributed by atoms with Gasteiger partial charge in [-0.05, 0) is 44.1 Å². The van der Waals surface area contributed by atoms with Crippen molar-refractivity contribution in [3.8, 4) is 0 Å². The van der Waals surface area contributed by atoms with Gasteiger partial charge in [-0.2, -0.15) is 0 Å². The molecule has 0 bridgehead atoms. The number of benzene rings is 1. The number of hydrogen-bond donors (Lipinski definition) is 2. The van der Waals surface area contributed by atoms with Crippen LogP contribution in [0.3, 0.4) is 0 Å². The van der Waals surface area contributed by atoms with E-state index >= 15 is 0 Å². The first-order valence-corrected chi connectivity index (χ1v) is 8.15. The number of halogens is 2. The van der Waals surface area contributed by atoms with Crippen LogP contribution >= 0.6 is 11.6 Å². The molecule has 128 valence electrons. The van der Waals surface area contributed by atoms with E-state index in [4.69, 9.17) is 21.4 Å². The molecular weight excluding hydrogens is 323 g/mol. The average Bonchev–Trinajstić information content (AvgIpc) is 2.55. The fraction of sp³-hybridized carbons (Fsp3) is 0.562. The molecule has 23 heavy (non-hydrogen) atoms. The summed E-state index contributed by atoms with van der Waals surface area (Å²) in [4.78, 5) is 14.5. The predicted molar refractivity (Wildman–Crippen MR) is 87.1 cm³/mol. The third-order valence-corrected chi connectivity index (χ3v) is 4.22. The van der Waals surface area contributed by atoms with Crippen molar-refractivity contribution in [1.29, 1.82) is 0 Å². The number of hydrogen-bond acceptors (Lipinski definition) is 4. The van der Waals surface area contributed by atoms with Gasteiger partial charge in [-0.15, -0.1) is 0 Å². The minimum atomic E-state index is -0.499. The maximum atomic E-state index is 13.1. The molecule has 1 aliphatic rings. The third-order valence-electron chi connectivity index (χ3n) is 3.93. The predicted octanol–water partition coefficient (Wildman–Crippen LogP) is 2.14. The molecule has 1 heterocycles. The number of piperidine rings is 1. The van der Waals surface area contributed by atoms with Crippen molar-refractivity contribution < 1.29 is 19.0 Å². The number of nitrogens with zero attached hydrogens (tertiary/aromatic N) is 1. The molecule has 0 spiro atoms. The Morgan fingerprint density at radius 3 is 2.78 bits per heavy atom. The second kappa shape index (κ2) is 9.17. The lowest BCUT2D eigenvalue weighted by molar-refractivity contribution is -0.121. The Labute approximate surface area is 140 Å². The zero-order valence-corrected chi connectivity index (χ0v) is 13.7. The number of aliphatic hydroxyl groups is 1. The Morgan fingerprint density at radius 2 is 2.13 bits per heavy atom. The standard InChI is InChI=1S/C16H22ClFN2O3/c17-14-11-13(1-2-15(14)18)19-16(22)12-3-5-20(6-4-12)7-9-23-10-8-21/h1-2,11-12,21H,3-10H2,(H,19,22). The summed E-state index contributed by atoms with van der Waals surface area (Å²) in [6.07, 6.45) is 1.56. The van der Waals surface area contributed by atoms with Crippen molar-refractivity contribution >= 4 is 23.2 Å². The summed E-state index contributed by atoms with van der Waals surface area (Å²) >= 11 is 5.71. The van der Waals surface area contributed by atoms with E-state index in [0.717, 1.165) is 32.5 Å². The number of amides is 1. The van der Waals surface area contributed by atoms with Gasteiger partial charge in [-0.3, -0.25) is 4.79 Å². The first-order valence-electron chi connectivity index (χ1n) is 7.77. The maximum Gasteiger partial charge on any atom is 0.227 e. The molecule has 1 aliphatic heterocycles. The highest BCUT2D eigenvalue weighted by Gasteiger charge is 2.24. The van der Waals surface area contributed by atoms with E-state index in [-0.39, 0.29) is 23.5 Å². The van der Waals surface area contributed by atoms with Crippen molar-refractivity contribution in [2.75, 3.05) is 44.8 Å². The minimum Gasteiger partial charge on any atom is -0.394 e. The molecule has 1 aromatic rings. The van der Waals surface area contributed by atoms with Crippen molar-refractivity contribution in [1.82, 2.24) is 4.90 Å². The van der Waals surface area contributed by atoms with Gasteiger partial charge in [-0.1, -0.05) is 11.6 Å². The van der Waals surface area contributed by atoms with Gasteiger partial charge >= 0.3 is 0 Å². The van der Waals surface area contributed by atoms with Gasteiger partial charge in [0.2, 0.25) is 5.91 Å². The van der Waals surface area contributed by atoms with Gasteiger partial charge in [0.15, 0.2) is 0 Å². The summed E-state index contributed by atoms with van der Waals surface area (Å²) in [7, 11) is 0. The molecule has 1 amide bonds. The second-order valence-electron chi connectivity index (χ2n) is 5.57. The summed E-state index contributed by atoms with van der Waals surface area (Å²) in [5.41, 5.74) is 0.515. The van der Waals surface area contributed by atoms with Crippen LogP contribution in [0.15, 0.2) is 18.2 Å². The third kappa shape index (κ3) is 5.73. The van der Waals surface area contributed by atoms with Gasteiger partial charge in [-0.25, -0.2) is 4.39 Å². The SMILES string of the molecule is O=C(Nc1ccc(F)c(Cl)c1)C1CCN(CCOCCO)CC1. The molecule has 0 radical (unpaired) electrons. The Balaban J connectivity index is 1.74. The van der Waals surface area contributed by atoms with Crippen LogP contribution in [0.25, 0.3) is 0 Å². The molecule has 0 atom stereocenters. The van der Waals surface area contributed by atoms with Crippen LogP contribution in [-0.2, 0) is 9.53 Å². The van der Waals surface area contributed by atoms with Gasteiger partial charge in [0.05, 0.1) is 24.8 Å².